The van der Waals surface area contributed by atoms with E-state index in [9.17, 15) is 4.79 Å². The highest BCUT2D eigenvalue weighted by Gasteiger charge is 2.15. The van der Waals surface area contributed by atoms with Gasteiger partial charge in [0.05, 0.1) is 35.6 Å². The van der Waals surface area contributed by atoms with E-state index in [1.807, 2.05) is 54.9 Å². The fourth-order valence-corrected chi connectivity index (χ4v) is 3.46. The normalized spacial score (nSPS) is 10.7. The van der Waals surface area contributed by atoms with Crippen LogP contribution < -0.4 is 10.1 Å². The van der Waals surface area contributed by atoms with Crippen LogP contribution in [0.4, 0.5) is 5.69 Å². The third-order valence-electron chi connectivity index (χ3n) is 4.26. The van der Waals surface area contributed by atoms with Gasteiger partial charge in [0, 0.05) is 4.90 Å². The monoisotopic (exact) mass is 381 g/mol. The Morgan fingerprint density at radius 2 is 1.74 bits per heavy atom. The van der Waals surface area contributed by atoms with E-state index >= 15 is 0 Å². The third kappa shape index (κ3) is 4.52. The van der Waals surface area contributed by atoms with Gasteiger partial charge in [-0.25, -0.2) is 4.68 Å². The van der Waals surface area contributed by atoms with Gasteiger partial charge in [0.25, 0.3) is 0 Å². The molecule has 0 bridgehead atoms. The molecule has 5 nitrogen and oxygen atoms in total. The fourth-order valence-electron chi connectivity index (χ4n) is 2.76. The van der Waals surface area contributed by atoms with Gasteiger partial charge >= 0.3 is 0 Å². The van der Waals surface area contributed by atoms with Crippen molar-refractivity contribution in [2.24, 2.45) is 0 Å². The number of thioether (sulfide) groups is 1. The van der Waals surface area contributed by atoms with E-state index in [2.05, 4.69) is 29.5 Å². The largest absolute Gasteiger partial charge is 0.497 e. The minimum atomic E-state index is -0.0505. The molecule has 0 aliphatic rings. The third-order valence-corrected chi connectivity index (χ3v) is 5.28. The lowest BCUT2D eigenvalue weighted by Gasteiger charge is -2.08. The number of amides is 1. The zero-order chi connectivity index (χ0) is 19.4. The van der Waals surface area contributed by atoms with Crippen LogP contribution in [0.15, 0.2) is 53.4 Å². The van der Waals surface area contributed by atoms with Crippen LogP contribution in [-0.2, 0) is 4.79 Å². The van der Waals surface area contributed by atoms with E-state index in [1.165, 1.54) is 17.3 Å². The lowest BCUT2D eigenvalue weighted by Crippen LogP contribution is -2.15. The zero-order valence-electron chi connectivity index (χ0n) is 15.9. The molecular formula is C21H23N3O2S. The first kappa shape index (κ1) is 19.0. The second kappa shape index (κ2) is 8.31. The molecule has 1 amide bonds. The molecule has 140 valence electrons. The second-order valence-corrected chi connectivity index (χ2v) is 7.35. The van der Waals surface area contributed by atoms with Crippen molar-refractivity contribution in [1.82, 2.24) is 9.78 Å². The summed E-state index contributed by atoms with van der Waals surface area (Å²) in [4.78, 5) is 13.4. The number of rotatable bonds is 6. The fraction of sp³-hybridized carbons (Fsp3) is 0.238. The molecule has 0 aliphatic heterocycles. The molecule has 0 saturated carbocycles. The number of nitrogens with one attached hydrogen (secondary N) is 1. The van der Waals surface area contributed by atoms with E-state index in [4.69, 9.17) is 4.74 Å². The Bertz CT molecular complexity index is 931. The minimum absolute atomic E-state index is 0.0505. The highest BCUT2D eigenvalue weighted by molar-refractivity contribution is 8.00. The second-order valence-electron chi connectivity index (χ2n) is 6.31. The van der Waals surface area contributed by atoms with Gasteiger partial charge in [-0.1, -0.05) is 17.7 Å². The van der Waals surface area contributed by atoms with Gasteiger partial charge in [0.15, 0.2) is 0 Å². The van der Waals surface area contributed by atoms with Gasteiger partial charge in [0.1, 0.15) is 5.75 Å². The van der Waals surface area contributed by atoms with Gasteiger partial charge in [0.2, 0.25) is 5.91 Å². The number of hydrogen-bond acceptors (Lipinski definition) is 4. The number of carbonyl (C=O) groups excluding carboxylic acids is 1. The molecule has 0 aliphatic carbocycles. The predicted molar refractivity (Wildman–Crippen MR) is 110 cm³/mol. The van der Waals surface area contributed by atoms with Gasteiger partial charge in [-0.15, -0.1) is 11.8 Å². The van der Waals surface area contributed by atoms with Crippen molar-refractivity contribution in [3.05, 3.63) is 65.5 Å². The number of ether oxygens (including phenoxy) is 1. The molecule has 3 rings (SSSR count). The Balaban J connectivity index is 1.67. The van der Waals surface area contributed by atoms with Crippen LogP contribution >= 0.6 is 11.8 Å². The molecule has 1 heterocycles. The van der Waals surface area contributed by atoms with Gasteiger partial charge < -0.3 is 10.1 Å². The van der Waals surface area contributed by atoms with Crippen LogP contribution in [-0.4, -0.2) is 28.6 Å². The van der Waals surface area contributed by atoms with E-state index in [0.717, 1.165) is 33.4 Å². The van der Waals surface area contributed by atoms with E-state index in [0.29, 0.717) is 5.75 Å². The lowest BCUT2D eigenvalue weighted by atomic mass is 10.2. The van der Waals surface area contributed by atoms with Crippen LogP contribution in [0.3, 0.4) is 0 Å². The Labute approximate surface area is 163 Å². The summed E-state index contributed by atoms with van der Waals surface area (Å²) in [6, 6.07) is 15.8. The van der Waals surface area contributed by atoms with Crippen LogP contribution in [0, 0.1) is 20.8 Å². The molecule has 1 N–H and O–H groups in total. The van der Waals surface area contributed by atoms with Crippen LogP contribution in [0.1, 0.15) is 17.0 Å². The Morgan fingerprint density at radius 3 is 2.37 bits per heavy atom. The van der Waals surface area contributed by atoms with Gasteiger partial charge in [-0.3, -0.25) is 4.79 Å². The number of anilines is 1. The van der Waals surface area contributed by atoms with E-state index < -0.39 is 0 Å². The van der Waals surface area contributed by atoms with Crippen LogP contribution in [0.25, 0.3) is 5.69 Å². The van der Waals surface area contributed by atoms with Crippen molar-refractivity contribution in [3.63, 3.8) is 0 Å². The van der Waals surface area contributed by atoms with Crippen molar-refractivity contribution >= 4 is 23.4 Å². The van der Waals surface area contributed by atoms with Crippen molar-refractivity contribution in [3.8, 4) is 11.4 Å². The number of nitrogens with zero attached hydrogens (tertiary/aromatic N) is 2. The molecule has 3 aromatic rings. The molecule has 6 heteroatoms. The Morgan fingerprint density at radius 1 is 1.07 bits per heavy atom. The standard InChI is InChI=1S/C21H23N3O2S/c1-14-5-7-17(8-6-14)24-16(3)21(15(2)23-24)22-20(25)13-27-19-11-9-18(26-4)10-12-19/h5-12H,13H2,1-4H3,(H,22,25). The molecule has 1 aromatic heterocycles. The van der Waals surface area contributed by atoms with Crippen molar-refractivity contribution < 1.29 is 9.53 Å². The molecular weight excluding hydrogens is 358 g/mol. The smallest absolute Gasteiger partial charge is 0.234 e. The summed E-state index contributed by atoms with van der Waals surface area (Å²) in [6.45, 7) is 5.92. The number of aryl methyl sites for hydroxylation is 2. The maximum Gasteiger partial charge on any atom is 0.234 e. The van der Waals surface area contributed by atoms with Crippen LogP contribution in [0.2, 0.25) is 0 Å². The van der Waals surface area contributed by atoms with Crippen molar-refractivity contribution in [2.75, 3.05) is 18.2 Å². The summed E-state index contributed by atoms with van der Waals surface area (Å²) in [5.41, 5.74) is 4.67. The number of carbonyl (C=O) groups is 1. The summed E-state index contributed by atoms with van der Waals surface area (Å²) < 4.78 is 7.01. The summed E-state index contributed by atoms with van der Waals surface area (Å²) >= 11 is 1.49. The van der Waals surface area contributed by atoms with E-state index in [-0.39, 0.29) is 5.91 Å². The van der Waals surface area contributed by atoms with Crippen molar-refractivity contribution in [2.45, 2.75) is 25.7 Å². The Kier molecular flexibility index (Phi) is 5.86. The molecule has 0 unspecified atom stereocenters. The minimum Gasteiger partial charge on any atom is -0.497 e. The summed E-state index contributed by atoms with van der Waals surface area (Å²) in [7, 11) is 1.64. The predicted octanol–water partition coefficient (Wildman–Crippen LogP) is 4.54. The maximum absolute atomic E-state index is 12.4. The SMILES string of the molecule is COc1ccc(SCC(=O)Nc2c(C)nn(-c3ccc(C)cc3)c2C)cc1. The zero-order valence-corrected chi connectivity index (χ0v) is 16.8. The molecule has 0 saturated heterocycles. The summed E-state index contributed by atoms with van der Waals surface area (Å²) in [5.74, 6) is 1.09. The quantitative estimate of drug-likeness (QED) is 0.637. The average molecular weight is 382 g/mol. The first-order chi connectivity index (χ1) is 13.0. The van der Waals surface area contributed by atoms with Gasteiger partial charge in [-0.05, 0) is 57.2 Å². The number of aromatic nitrogens is 2. The van der Waals surface area contributed by atoms with Gasteiger partial charge in [-0.2, -0.15) is 5.10 Å². The molecule has 0 radical (unpaired) electrons. The molecule has 2 aromatic carbocycles. The number of benzene rings is 2. The average Bonchev–Trinajstić information content (AvgIpc) is 2.95. The Hall–Kier alpha value is -2.73. The van der Waals surface area contributed by atoms with E-state index in [1.54, 1.807) is 7.11 Å². The summed E-state index contributed by atoms with van der Waals surface area (Å²) in [5, 5.41) is 7.59. The lowest BCUT2D eigenvalue weighted by molar-refractivity contribution is -0.113. The molecule has 0 spiro atoms. The first-order valence-corrected chi connectivity index (χ1v) is 9.66. The maximum atomic E-state index is 12.4. The van der Waals surface area contributed by atoms with Crippen LogP contribution in [0.5, 0.6) is 5.75 Å². The van der Waals surface area contributed by atoms with Crippen molar-refractivity contribution in [1.29, 1.82) is 0 Å². The number of hydrogen-bond donors (Lipinski definition) is 1. The topological polar surface area (TPSA) is 56.1 Å². The number of methoxy groups -OCH3 is 1. The molecule has 0 fully saturated rings. The molecule has 27 heavy (non-hydrogen) atoms. The summed E-state index contributed by atoms with van der Waals surface area (Å²) in [6.07, 6.45) is 0. The highest BCUT2D eigenvalue weighted by atomic mass is 32.2. The molecule has 0 atom stereocenters. The first-order valence-electron chi connectivity index (χ1n) is 8.68. The highest BCUT2D eigenvalue weighted by Crippen LogP contribution is 2.25.